The molecule has 0 saturated heterocycles. The Morgan fingerprint density at radius 2 is 2.17 bits per heavy atom. The van der Waals surface area contributed by atoms with Crippen molar-refractivity contribution >= 4 is 0 Å². The molecule has 1 atom stereocenters. The third kappa shape index (κ3) is 3.00. The highest BCUT2D eigenvalue weighted by molar-refractivity contribution is 5.01. The first-order valence-corrected chi connectivity index (χ1v) is 5.52. The molecule has 0 bridgehead atoms. The third-order valence-electron chi connectivity index (χ3n) is 3.03. The molecule has 1 saturated carbocycles. The minimum absolute atomic E-state index is 0.868. The molecule has 0 aliphatic heterocycles. The van der Waals surface area contributed by atoms with Gasteiger partial charge in [0.25, 0.3) is 0 Å². The average Bonchev–Trinajstić information content (AvgIpc) is 2.27. The molecule has 12 heavy (non-hydrogen) atoms. The van der Waals surface area contributed by atoms with Gasteiger partial charge in [-0.15, -0.1) is 0 Å². The van der Waals surface area contributed by atoms with E-state index in [0.717, 1.165) is 5.92 Å². The predicted molar refractivity (Wildman–Crippen MR) is 55.2 cm³/mol. The van der Waals surface area contributed by atoms with Gasteiger partial charge in [-0.3, -0.25) is 0 Å². The molecule has 0 aromatic carbocycles. The second-order valence-electron chi connectivity index (χ2n) is 4.10. The van der Waals surface area contributed by atoms with Crippen LogP contribution in [0.2, 0.25) is 0 Å². The van der Waals surface area contributed by atoms with Crippen LogP contribution in [0.15, 0.2) is 12.2 Å². The van der Waals surface area contributed by atoms with Crippen LogP contribution in [0.4, 0.5) is 0 Å². The van der Waals surface area contributed by atoms with Gasteiger partial charge in [0.05, 0.1) is 0 Å². The summed E-state index contributed by atoms with van der Waals surface area (Å²) in [4.78, 5) is 0. The fourth-order valence-electron chi connectivity index (χ4n) is 2.13. The molecule has 1 fully saturated rings. The van der Waals surface area contributed by atoms with Crippen molar-refractivity contribution in [3.05, 3.63) is 12.2 Å². The van der Waals surface area contributed by atoms with Gasteiger partial charge >= 0.3 is 0 Å². The lowest BCUT2D eigenvalue weighted by atomic mass is 9.90. The summed E-state index contributed by atoms with van der Waals surface area (Å²) in [5, 5.41) is 0. The fourth-order valence-corrected chi connectivity index (χ4v) is 2.13. The maximum Gasteiger partial charge on any atom is -0.0206 e. The zero-order chi connectivity index (χ0) is 8.81. The van der Waals surface area contributed by atoms with Gasteiger partial charge < -0.3 is 0 Å². The molecule has 1 aliphatic carbocycles. The highest BCUT2D eigenvalue weighted by Gasteiger charge is 2.14. The lowest BCUT2D eigenvalue weighted by Gasteiger charge is -2.15. The van der Waals surface area contributed by atoms with E-state index in [1.165, 1.54) is 51.4 Å². The Morgan fingerprint density at radius 1 is 1.33 bits per heavy atom. The van der Waals surface area contributed by atoms with Crippen LogP contribution in [0.1, 0.15) is 58.3 Å². The van der Waals surface area contributed by atoms with Crippen LogP contribution < -0.4 is 0 Å². The molecule has 0 heteroatoms. The summed E-state index contributed by atoms with van der Waals surface area (Å²) in [6, 6.07) is 0. The van der Waals surface area contributed by atoms with Crippen molar-refractivity contribution in [2.45, 2.75) is 58.3 Å². The molecule has 1 rings (SSSR count). The summed E-state index contributed by atoms with van der Waals surface area (Å²) in [6.45, 7) is 6.49. The molecule has 0 aromatic heterocycles. The summed E-state index contributed by atoms with van der Waals surface area (Å²) in [5.41, 5.74) is 1.54. The van der Waals surface area contributed by atoms with Crippen molar-refractivity contribution in [2.75, 3.05) is 0 Å². The average molecular weight is 166 g/mol. The molecule has 1 unspecified atom stereocenters. The third-order valence-corrected chi connectivity index (χ3v) is 3.03. The molecule has 0 radical (unpaired) electrons. The Balaban J connectivity index is 2.31. The molecule has 0 N–H and O–H groups in total. The molecule has 70 valence electrons. The largest absolute Gasteiger partial charge is 0.0996 e. The Kier molecular flexibility index (Phi) is 4.42. The molecule has 0 amide bonds. The second-order valence-corrected chi connectivity index (χ2v) is 4.10. The summed E-state index contributed by atoms with van der Waals surface area (Å²) >= 11 is 0. The highest BCUT2D eigenvalue weighted by atomic mass is 14.2. The highest BCUT2D eigenvalue weighted by Crippen LogP contribution is 2.30. The monoisotopic (exact) mass is 166 g/mol. The predicted octanol–water partition coefficient (Wildman–Crippen LogP) is 4.31. The van der Waals surface area contributed by atoms with Crippen LogP contribution in [0.5, 0.6) is 0 Å². The van der Waals surface area contributed by atoms with Gasteiger partial charge in [-0.05, 0) is 31.6 Å². The quantitative estimate of drug-likeness (QED) is 0.433. The maximum atomic E-state index is 4.21. The van der Waals surface area contributed by atoms with E-state index in [4.69, 9.17) is 0 Å². The summed E-state index contributed by atoms with van der Waals surface area (Å²) in [7, 11) is 0. The van der Waals surface area contributed by atoms with E-state index in [0.29, 0.717) is 0 Å². The Hall–Kier alpha value is -0.260. The number of allylic oxidation sites excluding steroid dienone is 1. The Labute approximate surface area is 77.1 Å². The van der Waals surface area contributed by atoms with Crippen molar-refractivity contribution in [2.24, 2.45) is 5.92 Å². The van der Waals surface area contributed by atoms with E-state index < -0.39 is 0 Å². The van der Waals surface area contributed by atoms with Crippen molar-refractivity contribution in [3.63, 3.8) is 0 Å². The molecule has 0 spiro atoms. The smallest absolute Gasteiger partial charge is 0.0206 e. The number of rotatable bonds is 3. The van der Waals surface area contributed by atoms with Crippen LogP contribution in [-0.4, -0.2) is 0 Å². The van der Waals surface area contributed by atoms with Crippen LogP contribution in [-0.2, 0) is 0 Å². The van der Waals surface area contributed by atoms with E-state index in [1.807, 2.05) is 0 Å². The van der Waals surface area contributed by atoms with Crippen LogP contribution >= 0.6 is 0 Å². The minimum atomic E-state index is 0.868. The maximum absolute atomic E-state index is 4.21. The van der Waals surface area contributed by atoms with Crippen molar-refractivity contribution in [1.82, 2.24) is 0 Å². The van der Waals surface area contributed by atoms with Crippen LogP contribution in [0.25, 0.3) is 0 Å². The number of hydrogen-bond donors (Lipinski definition) is 0. The number of unbranched alkanes of at least 4 members (excludes halogenated alkanes) is 1. The second kappa shape index (κ2) is 5.40. The van der Waals surface area contributed by atoms with Gasteiger partial charge in [0.2, 0.25) is 0 Å². The SMILES string of the molecule is C=C1CCCCCC1CCCC. The normalized spacial score (nSPS) is 25.4. The molecule has 0 nitrogen and oxygen atoms in total. The Morgan fingerprint density at radius 3 is 2.92 bits per heavy atom. The van der Waals surface area contributed by atoms with Gasteiger partial charge in [-0.1, -0.05) is 44.8 Å². The molecular formula is C12H22. The molecule has 0 aromatic rings. The van der Waals surface area contributed by atoms with E-state index in [-0.39, 0.29) is 0 Å². The molecule has 1 aliphatic rings. The first-order chi connectivity index (χ1) is 5.84. The topological polar surface area (TPSA) is 0 Å². The first-order valence-electron chi connectivity index (χ1n) is 5.52. The minimum Gasteiger partial charge on any atom is -0.0996 e. The van der Waals surface area contributed by atoms with Crippen LogP contribution in [0.3, 0.4) is 0 Å². The van der Waals surface area contributed by atoms with E-state index >= 15 is 0 Å². The van der Waals surface area contributed by atoms with Crippen molar-refractivity contribution < 1.29 is 0 Å². The van der Waals surface area contributed by atoms with E-state index in [2.05, 4.69) is 13.5 Å². The molecule has 0 heterocycles. The summed E-state index contributed by atoms with van der Waals surface area (Å²) < 4.78 is 0. The number of hydrogen-bond acceptors (Lipinski definition) is 0. The lowest BCUT2D eigenvalue weighted by Crippen LogP contribution is -2.01. The van der Waals surface area contributed by atoms with Gasteiger partial charge in [0.15, 0.2) is 0 Å². The van der Waals surface area contributed by atoms with E-state index in [1.54, 1.807) is 5.57 Å². The molecular weight excluding hydrogens is 144 g/mol. The van der Waals surface area contributed by atoms with Gasteiger partial charge in [-0.2, -0.15) is 0 Å². The van der Waals surface area contributed by atoms with Gasteiger partial charge in [-0.25, -0.2) is 0 Å². The van der Waals surface area contributed by atoms with Gasteiger partial charge in [0, 0.05) is 0 Å². The first kappa shape index (κ1) is 9.83. The van der Waals surface area contributed by atoms with Crippen molar-refractivity contribution in [3.8, 4) is 0 Å². The van der Waals surface area contributed by atoms with Gasteiger partial charge in [0.1, 0.15) is 0 Å². The van der Waals surface area contributed by atoms with Crippen molar-refractivity contribution in [1.29, 1.82) is 0 Å². The zero-order valence-corrected chi connectivity index (χ0v) is 8.44. The zero-order valence-electron chi connectivity index (χ0n) is 8.44. The summed E-state index contributed by atoms with van der Waals surface area (Å²) in [6.07, 6.45) is 11.1. The fraction of sp³-hybridized carbons (Fsp3) is 0.833. The lowest BCUT2D eigenvalue weighted by molar-refractivity contribution is 0.489. The van der Waals surface area contributed by atoms with Crippen LogP contribution in [0, 0.1) is 5.92 Å². The summed E-state index contributed by atoms with van der Waals surface area (Å²) in [5.74, 6) is 0.868. The Bertz CT molecular complexity index is 135. The van der Waals surface area contributed by atoms with E-state index in [9.17, 15) is 0 Å². The standard InChI is InChI=1S/C12H22/c1-3-4-9-12-10-7-5-6-8-11(12)2/h12H,2-10H2,1H3.